The van der Waals surface area contributed by atoms with Crippen LogP contribution in [0.1, 0.15) is 12.5 Å². The summed E-state index contributed by atoms with van der Waals surface area (Å²) < 4.78 is 41.6. The zero-order chi connectivity index (χ0) is 13.8. The number of carbonyl (C=O) groups is 1. The summed E-state index contributed by atoms with van der Waals surface area (Å²) in [4.78, 5) is 11.2. The van der Waals surface area contributed by atoms with Crippen LogP contribution in [0, 0.1) is 0 Å². The Morgan fingerprint density at radius 3 is 2.33 bits per heavy atom. The average Bonchev–Trinajstić information content (AvgIpc) is 2.38. The second kappa shape index (κ2) is 5.66. The molecule has 0 N–H and O–H groups in total. The van der Waals surface area contributed by atoms with Gasteiger partial charge in [-0.15, -0.1) is 0 Å². The van der Waals surface area contributed by atoms with Crippen molar-refractivity contribution >= 4 is 5.97 Å². The van der Waals surface area contributed by atoms with Gasteiger partial charge in [-0.1, -0.05) is 0 Å². The molecule has 0 spiro atoms. The molecule has 0 radical (unpaired) electrons. The summed E-state index contributed by atoms with van der Waals surface area (Å²) in [5, 5.41) is 0. The van der Waals surface area contributed by atoms with E-state index in [1.165, 1.54) is 27.2 Å². The Bertz CT molecular complexity index is 432. The predicted octanol–water partition coefficient (Wildman–Crippen LogP) is 2.36. The summed E-state index contributed by atoms with van der Waals surface area (Å²) in [6, 6.07) is 3.45. The average molecular weight is 260 g/mol. The molecule has 1 aromatic carbocycles. The van der Waals surface area contributed by atoms with E-state index in [4.69, 9.17) is 9.47 Å². The fourth-order valence-electron chi connectivity index (χ4n) is 1.37. The van der Waals surface area contributed by atoms with E-state index in [0.29, 0.717) is 5.75 Å². The monoisotopic (exact) mass is 260 g/mol. The van der Waals surface area contributed by atoms with Gasteiger partial charge in [0, 0.05) is 5.56 Å². The molecule has 0 bridgehead atoms. The summed E-state index contributed by atoms with van der Waals surface area (Å²) in [6.45, 7) is 1.35. The van der Waals surface area contributed by atoms with Crippen LogP contribution < -0.4 is 9.47 Å². The summed E-state index contributed by atoms with van der Waals surface area (Å²) in [7, 11) is 2.71. The van der Waals surface area contributed by atoms with Crippen LogP contribution in [0.5, 0.6) is 11.5 Å². The molecule has 0 saturated heterocycles. The van der Waals surface area contributed by atoms with Crippen molar-refractivity contribution in [1.29, 1.82) is 0 Å². The van der Waals surface area contributed by atoms with Crippen molar-refractivity contribution in [2.75, 3.05) is 20.8 Å². The highest BCUT2D eigenvalue weighted by Gasteiger charge is 2.43. The largest absolute Gasteiger partial charge is 0.493 e. The Labute approximate surface area is 103 Å². The molecule has 0 heterocycles. The highest BCUT2D eigenvalue weighted by atomic mass is 19.3. The van der Waals surface area contributed by atoms with E-state index < -0.39 is 17.5 Å². The summed E-state index contributed by atoms with van der Waals surface area (Å²) in [6.07, 6.45) is 0. The maximum Gasteiger partial charge on any atom is 0.381 e. The molecule has 0 unspecified atom stereocenters. The molecule has 18 heavy (non-hydrogen) atoms. The molecule has 0 aliphatic carbocycles. The van der Waals surface area contributed by atoms with Gasteiger partial charge in [0.25, 0.3) is 0 Å². The van der Waals surface area contributed by atoms with E-state index in [0.717, 1.165) is 12.1 Å². The van der Waals surface area contributed by atoms with Crippen molar-refractivity contribution in [3.63, 3.8) is 0 Å². The van der Waals surface area contributed by atoms with Gasteiger partial charge in [0.1, 0.15) is 0 Å². The number of rotatable bonds is 5. The van der Waals surface area contributed by atoms with Crippen LogP contribution in [0.25, 0.3) is 0 Å². The first-order chi connectivity index (χ1) is 8.47. The fourth-order valence-corrected chi connectivity index (χ4v) is 1.37. The summed E-state index contributed by atoms with van der Waals surface area (Å²) in [5.74, 6) is -4.87. The lowest BCUT2D eigenvalue weighted by molar-refractivity contribution is -0.173. The Morgan fingerprint density at radius 2 is 1.83 bits per heavy atom. The predicted molar refractivity (Wildman–Crippen MR) is 60.1 cm³/mol. The molecule has 0 aromatic heterocycles. The van der Waals surface area contributed by atoms with Gasteiger partial charge in [-0.3, -0.25) is 0 Å². The molecule has 0 saturated carbocycles. The van der Waals surface area contributed by atoms with Crippen molar-refractivity contribution in [2.45, 2.75) is 12.8 Å². The van der Waals surface area contributed by atoms with Crippen molar-refractivity contribution in [2.24, 2.45) is 0 Å². The minimum atomic E-state index is -3.71. The third-order valence-electron chi connectivity index (χ3n) is 2.28. The number of ether oxygens (including phenoxy) is 3. The molecule has 0 atom stereocenters. The lowest BCUT2D eigenvalue weighted by Gasteiger charge is -2.16. The van der Waals surface area contributed by atoms with Gasteiger partial charge in [0.05, 0.1) is 20.8 Å². The standard InChI is InChI=1S/C12H14F2O4/c1-4-18-11(15)12(13,14)8-5-6-9(16-2)10(7-8)17-3/h5-7H,4H2,1-3H3. The molecule has 0 fully saturated rings. The lowest BCUT2D eigenvalue weighted by Crippen LogP contribution is -2.28. The third kappa shape index (κ3) is 2.69. The highest BCUT2D eigenvalue weighted by Crippen LogP contribution is 2.36. The minimum Gasteiger partial charge on any atom is -0.493 e. The van der Waals surface area contributed by atoms with Crippen LogP contribution in [0.15, 0.2) is 18.2 Å². The van der Waals surface area contributed by atoms with Crippen LogP contribution in [-0.4, -0.2) is 26.8 Å². The number of methoxy groups -OCH3 is 2. The van der Waals surface area contributed by atoms with E-state index >= 15 is 0 Å². The molecule has 6 heteroatoms. The first-order valence-corrected chi connectivity index (χ1v) is 5.24. The number of hydrogen-bond acceptors (Lipinski definition) is 4. The molecular formula is C12H14F2O4. The van der Waals surface area contributed by atoms with E-state index in [9.17, 15) is 13.6 Å². The van der Waals surface area contributed by atoms with E-state index in [1.54, 1.807) is 0 Å². The SMILES string of the molecule is CCOC(=O)C(F)(F)c1ccc(OC)c(OC)c1. The molecule has 0 aliphatic rings. The van der Waals surface area contributed by atoms with E-state index in [1.807, 2.05) is 0 Å². The molecule has 1 aromatic rings. The van der Waals surface area contributed by atoms with Crippen molar-refractivity contribution < 1.29 is 27.8 Å². The number of hydrogen-bond donors (Lipinski definition) is 0. The van der Waals surface area contributed by atoms with Gasteiger partial charge in [0.15, 0.2) is 11.5 Å². The van der Waals surface area contributed by atoms with Crippen molar-refractivity contribution in [1.82, 2.24) is 0 Å². The minimum absolute atomic E-state index is 0.109. The number of alkyl halides is 2. The van der Waals surface area contributed by atoms with Gasteiger partial charge >= 0.3 is 11.9 Å². The zero-order valence-corrected chi connectivity index (χ0v) is 10.3. The topological polar surface area (TPSA) is 44.8 Å². The molecule has 0 amide bonds. The Hall–Kier alpha value is -1.85. The molecule has 0 aliphatic heterocycles. The Balaban J connectivity index is 3.12. The second-order valence-corrected chi connectivity index (χ2v) is 3.36. The van der Waals surface area contributed by atoms with Crippen LogP contribution >= 0.6 is 0 Å². The van der Waals surface area contributed by atoms with Gasteiger partial charge < -0.3 is 14.2 Å². The molecule has 4 nitrogen and oxygen atoms in total. The van der Waals surface area contributed by atoms with E-state index in [-0.39, 0.29) is 12.4 Å². The summed E-state index contributed by atoms with van der Waals surface area (Å²) >= 11 is 0. The first-order valence-electron chi connectivity index (χ1n) is 5.24. The smallest absolute Gasteiger partial charge is 0.381 e. The van der Waals surface area contributed by atoms with Crippen LogP contribution in [0.2, 0.25) is 0 Å². The second-order valence-electron chi connectivity index (χ2n) is 3.36. The Kier molecular flexibility index (Phi) is 4.47. The quantitative estimate of drug-likeness (QED) is 0.762. The summed E-state index contributed by atoms with van der Waals surface area (Å²) in [5.41, 5.74) is -0.501. The van der Waals surface area contributed by atoms with E-state index in [2.05, 4.69) is 4.74 Å². The molecular weight excluding hydrogens is 246 g/mol. The number of halogens is 2. The van der Waals surface area contributed by atoms with Crippen LogP contribution in [0.3, 0.4) is 0 Å². The molecule has 100 valence electrons. The van der Waals surface area contributed by atoms with Crippen molar-refractivity contribution in [3.05, 3.63) is 23.8 Å². The van der Waals surface area contributed by atoms with Crippen LogP contribution in [0.4, 0.5) is 8.78 Å². The first kappa shape index (κ1) is 14.2. The van der Waals surface area contributed by atoms with Crippen LogP contribution in [-0.2, 0) is 15.5 Å². The normalized spacial score (nSPS) is 10.9. The Morgan fingerprint density at radius 1 is 1.22 bits per heavy atom. The molecule has 1 rings (SSSR count). The zero-order valence-electron chi connectivity index (χ0n) is 10.3. The van der Waals surface area contributed by atoms with Gasteiger partial charge in [-0.2, -0.15) is 8.78 Å². The lowest BCUT2D eigenvalue weighted by atomic mass is 10.1. The fraction of sp³-hybridized carbons (Fsp3) is 0.417. The maximum atomic E-state index is 13.7. The maximum absolute atomic E-state index is 13.7. The third-order valence-corrected chi connectivity index (χ3v) is 2.28. The van der Waals surface area contributed by atoms with Crippen molar-refractivity contribution in [3.8, 4) is 11.5 Å². The van der Waals surface area contributed by atoms with Gasteiger partial charge in [-0.05, 0) is 25.1 Å². The number of esters is 1. The number of carbonyl (C=O) groups excluding carboxylic acids is 1. The van der Waals surface area contributed by atoms with Gasteiger partial charge in [0.2, 0.25) is 0 Å². The highest BCUT2D eigenvalue weighted by molar-refractivity contribution is 5.79. The van der Waals surface area contributed by atoms with Gasteiger partial charge in [-0.25, -0.2) is 4.79 Å². The number of benzene rings is 1.